The topological polar surface area (TPSA) is 104 Å². The number of unbranched alkanes of at least 4 members (excludes halogenated alkanes) is 5. The van der Waals surface area contributed by atoms with Crippen LogP contribution in [0.4, 0.5) is 0 Å². The fourth-order valence-corrected chi connectivity index (χ4v) is 2.59. The largest absolute Gasteiger partial charge is 0.394 e. The Hall–Kier alpha value is 0.0400. The molecule has 0 heterocycles. The highest BCUT2D eigenvalue weighted by atomic mass is 32.1. The molecule has 0 aliphatic rings. The van der Waals surface area contributed by atoms with E-state index in [2.05, 4.69) is 19.6 Å². The van der Waals surface area contributed by atoms with Gasteiger partial charge < -0.3 is 30.4 Å². The van der Waals surface area contributed by atoms with Gasteiger partial charge in [0.1, 0.15) is 22.6 Å². The summed E-state index contributed by atoms with van der Waals surface area (Å²) in [6, 6.07) is 0. The first-order valence-electron chi connectivity index (χ1n) is 8.16. The average Bonchev–Trinajstić information content (AvgIpc) is 2.54. The van der Waals surface area contributed by atoms with E-state index in [1.165, 1.54) is 19.3 Å². The zero-order valence-electron chi connectivity index (χ0n) is 13.7. The third kappa shape index (κ3) is 9.81. The maximum atomic E-state index is 9.99. The van der Waals surface area contributed by atoms with Gasteiger partial charge in [0, 0.05) is 13.1 Å². The second kappa shape index (κ2) is 13.3. The van der Waals surface area contributed by atoms with Gasteiger partial charge in [-0.2, -0.15) is 0 Å². The lowest BCUT2D eigenvalue weighted by molar-refractivity contribution is -0.117. The van der Waals surface area contributed by atoms with E-state index in [-0.39, 0.29) is 6.54 Å². The number of rotatable bonds is 13. The Morgan fingerprint density at radius 3 is 2.00 bits per heavy atom. The molecule has 0 aromatic heterocycles. The summed E-state index contributed by atoms with van der Waals surface area (Å²) in [5.41, 5.74) is 0. The molecule has 0 aromatic carbocycles. The number of thiol groups is 1. The van der Waals surface area contributed by atoms with E-state index >= 15 is 0 Å². The predicted molar refractivity (Wildman–Crippen MR) is 97.6 cm³/mol. The Balaban J connectivity index is 4.27. The standard InChI is InChI=1S/C15H31NO5S2/c1-2-3-4-5-6-7-8-16(15(22)23)9-11(18)13(20)14(21)12(19)10-17/h11-14,17-21H,2-10H2,1H3,(H,22,23)/t11-,12+,13+,14+/m0/s1. The van der Waals surface area contributed by atoms with Crippen molar-refractivity contribution in [2.75, 3.05) is 19.7 Å². The van der Waals surface area contributed by atoms with Gasteiger partial charge >= 0.3 is 0 Å². The average molecular weight is 370 g/mol. The first kappa shape index (κ1) is 23.0. The van der Waals surface area contributed by atoms with Crippen molar-refractivity contribution in [1.82, 2.24) is 4.90 Å². The molecule has 138 valence electrons. The van der Waals surface area contributed by atoms with Crippen molar-refractivity contribution < 1.29 is 25.5 Å². The number of hydrogen-bond donors (Lipinski definition) is 6. The highest BCUT2D eigenvalue weighted by molar-refractivity contribution is 8.10. The first-order chi connectivity index (χ1) is 10.8. The number of aliphatic hydroxyl groups is 5. The Morgan fingerprint density at radius 2 is 1.48 bits per heavy atom. The summed E-state index contributed by atoms with van der Waals surface area (Å²) in [6.45, 7) is 2.08. The summed E-state index contributed by atoms with van der Waals surface area (Å²) in [7, 11) is 0. The summed E-state index contributed by atoms with van der Waals surface area (Å²) in [5, 5.41) is 47.5. The molecule has 0 fully saturated rings. The lowest BCUT2D eigenvalue weighted by Crippen LogP contribution is -2.50. The van der Waals surface area contributed by atoms with Gasteiger partial charge in [0.15, 0.2) is 0 Å². The minimum absolute atomic E-state index is 0.00761. The molecule has 6 nitrogen and oxygen atoms in total. The molecule has 0 unspecified atom stereocenters. The molecular weight excluding hydrogens is 338 g/mol. The first-order valence-corrected chi connectivity index (χ1v) is 9.01. The molecule has 8 heteroatoms. The van der Waals surface area contributed by atoms with Crippen LogP contribution in [0.25, 0.3) is 0 Å². The molecule has 0 saturated heterocycles. The summed E-state index contributed by atoms with van der Waals surface area (Å²) in [5.74, 6) is 0. The number of thiocarbonyl (C=S) groups is 1. The van der Waals surface area contributed by atoms with Gasteiger partial charge in [0.25, 0.3) is 0 Å². The van der Waals surface area contributed by atoms with Gasteiger partial charge in [-0.15, -0.1) is 12.6 Å². The van der Waals surface area contributed by atoms with Crippen LogP contribution in [0.3, 0.4) is 0 Å². The Bertz CT molecular complexity index is 322. The molecule has 0 amide bonds. The van der Waals surface area contributed by atoms with Crippen molar-refractivity contribution in [1.29, 1.82) is 0 Å². The van der Waals surface area contributed by atoms with E-state index in [0.717, 1.165) is 19.3 Å². The van der Waals surface area contributed by atoms with Crippen molar-refractivity contribution in [2.24, 2.45) is 0 Å². The van der Waals surface area contributed by atoms with Crippen LogP contribution in [0.2, 0.25) is 0 Å². The molecule has 0 spiro atoms. The number of aliphatic hydroxyl groups excluding tert-OH is 5. The lowest BCUT2D eigenvalue weighted by Gasteiger charge is -2.30. The fraction of sp³-hybridized carbons (Fsp3) is 0.933. The van der Waals surface area contributed by atoms with Crippen molar-refractivity contribution >= 4 is 29.2 Å². The Kier molecular flexibility index (Phi) is 13.4. The Morgan fingerprint density at radius 1 is 0.957 bits per heavy atom. The quantitative estimate of drug-likeness (QED) is 0.158. The fourth-order valence-electron chi connectivity index (χ4n) is 2.25. The van der Waals surface area contributed by atoms with Crippen LogP contribution in [0.1, 0.15) is 45.4 Å². The molecular formula is C15H31NO5S2. The van der Waals surface area contributed by atoms with Crippen LogP contribution in [0.5, 0.6) is 0 Å². The van der Waals surface area contributed by atoms with E-state index in [9.17, 15) is 20.4 Å². The van der Waals surface area contributed by atoms with Gasteiger partial charge in [-0.25, -0.2) is 0 Å². The maximum absolute atomic E-state index is 9.99. The van der Waals surface area contributed by atoms with E-state index in [0.29, 0.717) is 10.9 Å². The normalized spacial score (nSPS) is 16.7. The van der Waals surface area contributed by atoms with Crippen molar-refractivity contribution in [3.8, 4) is 0 Å². The third-order valence-electron chi connectivity index (χ3n) is 3.78. The van der Waals surface area contributed by atoms with Crippen LogP contribution in [-0.4, -0.2) is 78.9 Å². The van der Waals surface area contributed by atoms with Gasteiger partial charge in [0.2, 0.25) is 0 Å². The molecule has 0 aromatic rings. The molecule has 4 atom stereocenters. The zero-order valence-corrected chi connectivity index (χ0v) is 15.4. The highest BCUT2D eigenvalue weighted by Crippen LogP contribution is 2.11. The van der Waals surface area contributed by atoms with Gasteiger partial charge in [-0.05, 0) is 6.42 Å². The van der Waals surface area contributed by atoms with Crippen LogP contribution < -0.4 is 0 Å². The predicted octanol–water partition coefficient (Wildman–Crippen LogP) is 0.299. The second-order valence-corrected chi connectivity index (χ2v) is 6.91. The second-order valence-electron chi connectivity index (χ2n) is 5.79. The van der Waals surface area contributed by atoms with Gasteiger partial charge in [-0.1, -0.05) is 51.2 Å². The molecule has 0 aliphatic carbocycles. The monoisotopic (exact) mass is 369 g/mol. The highest BCUT2D eigenvalue weighted by Gasteiger charge is 2.31. The molecule has 23 heavy (non-hydrogen) atoms. The van der Waals surface area contributed by atoms with Crippen LogP contribution >= 0.6 is 24.8 Å². The molecule has 0 radical (unpaired) electrons. The summed E-state index contributed by atoms with van der Waals surface area (Å²) >= 11 is 9.15. The summed E-state index contributed by atoms with van der Waals surface area (Å²) < 4.78 is 0.307. The minimum Gasteiger partial charge on any atom is -0.394 e. The van der Waals surface area contributed by atoms with Crippen molar-refractivity contribution in [2.45, 2.75) is 69.9 Å². The third-order valence-corrected chi connectivity index (χ3v) is 4.33. The van der Waals surface area contributed by atoms with Crippen molar-refractivity contribution in [3.05, 3.63) is 0 Å². The Labute approximate surface area is 149 Å². The maximum Gasteiger partial charge on any atom is 0.133 e. The van der Waals surface area contributed by atoms with E-state index in [4.69, 9.17) is 17.3 Å². The minimum atomic E-state index is -1.63. The lowest BCUT2D eigenvalue weighted by atomic mass is 10.0. The summed E-state index contributed by atoms with van der Waals surface area (Å²) in [6.07, 6.45) is 0.704. The molecule has 0 saturated carbocycles. The van der Waals surface area contributed by atoms with Crippen LogP contribution in [0, 0.1) is 0 Å². The molecule has 0 aliphatic heterocycles. The number of hydrogen-bond acceptors (Lipinski definition) is 6. The molecule has 5 N–H and O–H groups in total. The van der Waals surface area contributed by atoms with E-state index in [1.807, 2.05) is 0 Å². The summed E-state index contributed by atoms with van der Waals surface area (Å²) in [4.78, 5) is 1.66. The van der Waals surface area contributed by atoms with E-state index in [1.54, 1.807) is 4.90 Å². The van der Waals surface area contributed by atoms with Gasteiger partial charge in [0.05, 0.1) is 12.7 Å². The molecule has 0 rings (SSSR count). The van der Waals surface area contributed by atoms with Crippen molar-refractivity contribution in [3.63, 3.8) is 0 Å². The smallest absolute Gasteiger partial charge is 0.133 e. The van der Waals surface area contributed by atoms with Crippen LogP contribution in [0.15, 0.2) is 0 Å². The molecule has 0 bridgehead atoms. The zero-order chi connectivity index (χ0) is 17.8. The number of nitrogens with zero attached hydrogens (tertiary/aromatic N) is 1. The van der Waals surface area contributed by atoms with E-state index < -0.39 is 31.0 Å². The van der Waals surface area contributed by atoms with Crippen LogP contribution in [-0.2, 0) is 0 Å². The SMILES string of the molecule is CCCCCCCCN(C[C@H](O)[C@@H](O)[C@H](O)[C@H](O)CO)C(=S)S. The van der Waals surface area contributed by atoms with Gasteiger partial charge in [-0.3, -0.25) is 0 Å².